The van der Waals surface area contributed by atoms with Crippen molar-refractivity contribution in [2.75, 3.05) is 5.32 Å². The summed E-state index contributed by atoms with van der Waals surface area (Å²) in [6.07, 6.45) is -0.675. The highest BCUT2D eigenvalue weighted by atomic mass is 19.1. The van der Waals surface area contributed by atoms with Gasteiger partial charge < -0.3 is 10.1 Å². The Morgan fingerprint density at radius 3 is 2.32 bits per heavy atom. The average molecular weight is 301 g/mol. The number of hydrogen-bond acceptors (Lipinski definition) is 2. The molecule has 0 heterocycles. The molecule has 2 rings (SSSR count). The number of hydrogen-bond donors (Lipinski definition) is 1. The summed E-state index contributed by atoms with van der Waals surface area (Å²) in [5.41, 5.74) is 1.86. The van der Waals surface area contributed by atoms with E-state index in [0.717, 1.165) is 11.3 Å². The first-order valence-corrected chi connectivity index (χ1v) is 7.29. The Hall–Kier alpha value is -2.36. The van der Waals surface area contributed by atoms with Crippen molar-refractivity contribution in [1.29, 1.82) is 0 Å². The lowest BCUT2D eigenvalue weighted by molar-refractivity contribution is -0.122. The largest absolute Gasteiger partial charge is 0.481 e. The van der Waals surface area contributed by atoms with Crippen LogP contribution in [0.4, 0.5) is 10.1 Å². The van der Waals surface area contributed by atoms with Gasteiger partial charge in [-0.25, -0.2) is 4.39 Å². The van der Waals surface area contributed by atoms with Gasteiger partial charge in [0.05, 0.1) is 0 Å². The fourth-order valence-corrected chi connectivity index (χ4v) is 2.12. The van der Waals surface area contributed by atoms with Gasteiger partial charge in [-0.3, -0.25) is 4.79 Å². The highest BCUT2D eigenvalue weighted by Crippen LogP contribution is 2.24. The van der Waals surface area contributed by atoms with Crippen LogP contribution in [0.2, 0.25) is 0 Å². The van der Waals surface area contributed by atoms with Gasteiger partial charge in [0, 0.05) is 5.69 Å². The number of carbonyl (C=O) groups excluding carboxylic acids is 1. The molecule has 0 aliphatic heterocycles. The minimum Gasteiger partial charge on any atom is -0.481 e. The first kappa shape index (κ1) is 16.0. The van der Waals surface area contributed by atoms with E-state index < -0.39 is 6.10 Å². The van der Waals surface area contributed by atoms with Crippen LogP contribution in [0, 0.1) is 5.82 Å². The molecule has 0 saturated heterocycles. The highest BCUT2D eigenvalue weighted by molar-refractivity contribution is 5.94. The molecule has 0 spiro atoms. The van der Waals surface area contributed by atoms with Crippen LogP contribution in [0.3, 0.4) is 0 Å². The normalized spacial score (nSPS) is 12.0. The molecule has 0 saturated carbocycles. The van der Waals surface area contributed by atoms with Crippen LogP contribution in [0.1, 0.15) is 32.3 Å². The lowest BCUT2D eigenvalue weighted by Gasteiger charge is -2.17. The predicted octanol–water partition coefficient (Wildman–Crippen LogP) is 4.36. The summed E-state index contributed by atoms with van der Waals surface area (Å²) < 4.78 is 18.4. The Bertz CT molecular complexity index is 638. The van der Waals surface area contributed by atoms with Crippen LogP contribution >= 0.6 is 0 Å². The van der Waals surface area contributed by atoms with Gasteiger partial charge >= 0.3 is 0 Å². The maximum absolute atomic E-state index is 12.9. The molecule has 0 bridgehead atoms. The van der Waals surface area contributed by atoms with Gasteiger partial charge in [0.15, 0.2) is 6.10 Å². The Balaban J connectivity index is 2.04. The second-order valence-corrected chi connectivity index (χ2v) is 5.45. The molecule has 1 atom stereocenters. The summed E-state index contributed by atoms with van der Waals surface area (Å²) in [5.74, 6) is 0.193. The third-order valence-corrected chi connectivity index (χ3v) is 3.34. The maximum Gasteiger partial charge on any atom is 0.265 e. The van der Waals surface area contributed by atoms with Crippen molar-refractivity contribution in [1.82, 2.24) is 0 Å². The highest BCUT2D eigenvalue weighted by Gasteiger charge is 2.17. The molecule has 0 aliphatic rings. The molecule has 2 aromatic rings. The van der Waals surface area contributed by atoms with Crippen LogP contribution in [-0.2, 0) is 4.79 Å². The number of nitrogens with one attached hydrogen (secondary N) is 1. The monoisotopic (exact) mass is 301 g/mol. The van der Waals surface area contributed by atoms with Crippen molar-refractivity contribution >= 4 is 11.6 Å². The topological polar surface area (TPSA) is 38.3 Å². The van der Waals surface area contributed by atoms with E-state index in [1.807, 2.05) is 24.3 Å². The van der Waals surface area contributed by atoms with Gasteiger partial charge in [-0.2, -0.15) is 0 Å². The molecule has 0 fully saturated rings. The number of anilines is 1. The SMILES string of the molecule is CC(C)c1ccccc1NC(=O)[C@H](C)Oc1ccc(F)cc1. The Kier molecular flexibility index (Phi) is 5.15. The Labute approximate surface area is 130 Å². The molecule has 3 nitrogen and oxygen atoms in total. The van der Waals surface area contributed by atoms with Crippen molar-refractivity contribution in [2.45, 2.75) is 32.8 Å². The number of benzene rings is 2. The molecular weight excluding hydrogens is 281 g/mol. The van der Waals surface area contributed by atoms with E-state index in [1.165, 1.54) is 24.3 Å². The first-order valence-electron chi connectivity index (χ1n) is 7.29. The van der Waals surface area contributed by atoms with Crippen molar-refractivity contribution in [3.05, 3.63) is 59.9 Å². The van der Waals surface area contributed by atoms with Gasteiger partial charge in [-0.15, -0.1) is 0 Å². The van der Waals surface area contributed by atoms with E-state index in [1.54, 1.807) is 6.92 Å². The molecule has 0 aliphatic carbocycles. The molecule has 4 heteroatoms. The van der Waals surface area contributed by atoms with E-state index in [4.69, 9.17) is 4.74 Å². The Morgan fingerprint density at radius 2 is 1.68 bits per heavy atom. The van der Waals surface area contributed by atoms with E-state index in [0.29, 0.717) is 11.7 Å². The summed E-state index contributed by atoms with van der Waals surface area (Å²) in [5, 5.41) is 2.89. The quantitative estimate of drug-likeness (QED) is 0.891. The van der Waals surface area contributed by atoms with Crippen LogP contribution in [0.15, 0.2) is 48.5 Å². The molecule has 22 heavy (non-hydrogen) atoms. The summed E-state index contributed by atoms with van der Waals surface area (Å²) in [4.78, 5) is 12.2. The lowest BCUT2D eigenvalue weighted by atomic mass is 10.0. The number of para-hydroxylation sites is 1. The molecule has 0 unspecified atom stereocenters. The zero-order valence-corrected chi connectivity index (χ0v) is 13.0. The van der Waals surface area contributed by atoms with Crippen LogP contribution in [0.25, 0.3) is 0 Å². The number of rotatable bonds is 5. The minimum absolute atomic E-state index is 0.238. The summed E-state index contributed by atoms with van der Waals surface area (Å²) in [6.45, 7) is 5.81. The van der Waals surface area contributed by atoms with E-state index in [-0.39, 0.29) is 11.7 Å². The van der Waals surface area contributed by atoms with Gasteiger partial charge in [0.1, 0.15) is 11.6 Å². The van der Waals surface area contributed by atoms with E-state index >= 15 is 0 Å². The van der Waals surface area contributed by atoms with Gasteiger partial charge in [0.25, 0.3) is 5.91 Å². The number of ether oxygens (including phenoxy) is 1. The van der Waals surface area contributed by atoms with Crippen LogP contribution in [0.5, 0.6) is 5.75 Å². The van der Waals surface area contributed by atoms with Crippen molar-refractivity contribution < 1.29 is 13.9 Å². The number of amides is 1. The first-order chi connectivity index (χ1) is 10.5. The molecule has 1 amide bonds. The second kappa shape index (κ2) is 7.07. The summed E-state index contributed by atoms with van der Waals surface area (Å²) in [7, 11) is 0. The van der Waals surface area contributed by atoms with E-state index in [2.05, 4.69) is 19.2 Å². The van der Waals surface area contributed by atoms with Crippen molar-refractivity contribution in [3.63, 3.8) is 0 Å². The van der Waals surface area contributed by atoms with Gasteiger partial charge in [0.2, 0.25) is 0 Å². The summed E-state index contributed by atoms with van der Waals surface area (Å²) >= 11 is 0. The minimum atomic E-state index is -0.675. The number of carbonyl (C=O) groups is 1. The zero-order chi connectivity index (χ0) is 16.1. The van der Waals surface area contributed by atoms with Crippen molar-refractivity contribution in [2.24, 2.45) is 0 Å². The number of halogens is 1. The van der Waals surface area contributed by atoms with E-state index in [9.17, 15) is 9.18 Å². The van der Waals surface area contributed by atoms with Crippen LogP contribution in [-0.4, -0.2) is 12.0 Å². The average Bonchev–Trinajstić information content (AvgIpc) is 2.49. The Morgan fingerprint density at radius 1 is 1.05 bits per heavy atom. The third kappa shape index (κ3) is 4.07. The van der Waals surface area contributed by atoms with Crippen molar-refractivity contribution in [3.8, 4) is 5.75 Å². The fraction of sp³-hybridized carbons (Fsp3) is 0.278. The predicted molar refractivity (Wildman–Crippen MR) is 85.7 cm³/mol. The maximum atomic E-state index is 12.9. The third-order valence-electron chi connectivity index (χ3n) is 3.34. The zero-order valence-electron chi connectivity index (χ0n) is 13.0. The van der Waals surface area contributed by atoms with Gasteiger partial charge in [-0.1, -0.05) is 32.0 Å². The molecular formula is C18H20FNO2. The summed E-state index contributed by atoms with van der Waals surface area (Å²) in [6, 6.07) is 13.3. The van der Waals surface area contributed by atoms with Gasteiger partial charge in [-0.05, 0) is 48.7 Å². The smallest absolute Gasteiger partial charge is 0.265 e. The second-order valence-electron chi connectivity index (χ2n) is 5.45. The molecule has 1 N–H and O–H groups in total. The fourth-order valence-electron chi connectivity index (χ4n) is 2.12. The molecule has 0 radical (unpaired) electrons. The van der Waals surface area contributed by atoms with Crippen LogP contribution < -0.4 is 10.1 Å². The lowest BCUT2D eigenvalue weighted by Crippen LogP contribution is -2.30. The standard InChI is InChI=1S/C18H20FNO2/c1-12(2)16-6-4-5-7-17(16)20-18(21)13(3)22-15-10-8-14(19)9-11-15/h4-13H,1-3H3,(H,20,21)/t13-/m0/s1. The molecule has 0 aromatic heterocycles. The molecule has 2 aromatic carbocycles. The molecule has 116 valence electrons.